The molecule has 1 aliphatic rings. The Labute approximate surface area is 129 Å². The number of nitrogens with zero attached hydrogens (tertiary/aromatic N) is 1. The molecular weight excluding hydrogens is 280 g/mol. The van der Waals surface area contributed by atoms with Crippen molar-refractivity contribution in [1.82, 2.24) is 4.90 Å². The third kappa shape index (κ3) is 3.45. The first-order valence-electron chi connectivity index (χ1n) is 7.05. The number of nitrogens with two attached hydrogens (primary N) is 1. The van der Waals surface area contributed by atoms with Gasteiger partial charge in [0.2, 0.25) is 0 Å². The highest BCUT2D eigenvalue weighted by atomic mass is 32.1. The van der Waals surface area contributed by atoms with Crippen molar-refractivity contribution >= 4 is 11.3 Å². The van der Waals surface area contributed by atoms with Gasteiger partial charge in [0, 0.05) is 35.6 Å². The van der Waals surface area contributed by atoms with E-state index < -0.39 is 0 Å². The number of rotatable bonds is 2. The molecule has 0 aliphatic carbocycles. The summed E-state index contributed by atoms with van der Waals surface area (Å²) >= 11 is 1.76. The van der Waals surface area contributed by atoms with Crippen molar-refractivity contribution in [3.05, 3.63) is 51.7 Å². The van der Waals surface area contributed by atoms with Crippen LogP contribution in [0.2, 0.25) is 0 Å². The Hall–Kier alpha value is -1.80. The minimum atomic E-state index is 0.403. The molecule has 0 fully saturated rings. The molecule has 2 heterocycles. The maximum absolute atomic E-state index is 5.81. The second kappa shape index (κ2) is 6.77. The van der Waals surface area contributed by atoms with Gasteiger partial charge in [0.05, 0.1) is 6.54 Å². The van der Waals surface area contributed by atoms with Crippen LogP contribution in [0.4, 0.5) is 0 Å². The van der Waals surface area contributed by atoms with Crippen LogP contribution in [-0.2, 0) is 13.1 Å². The van der Waals surface area contributed by atoms with Crippen LogP contribution in [0, 0.1) is 11.8 Å². The Morgan fingerprint density at radius 2 is 2.19 bits per heavy atom. The molecule has 0 radical (unpaired) electrons. The highest BCUT2D eigenvalue weighted by molar-refractivity contribution is 7.10. The van der Waals surface area contributed by atoms with Gasteiger partial charge < -0.3 is 10.5 Å². The molecule has 21 heavy (non-hydrogen) atoms. The van der Waals surface area contributed by atoms with Crippen LogP contribution in [0.25, 0.3) is 0 Å². The van der Waals surface area contributed by atoms with Gasteiger partial charge in [0.25, 0.3) is 0 Å². The molecule has 0 saturated carbocycles. The Morgan fingerprint density at radius 3 is 3.10 bits per heavy atom. The third-order valence-corrected chi connectivity index (χ3v) is 4.38. The summed E-state index contributed by atoms with van der Waals surface area (Å²) in [5.74, 6) is 7.10. The number of hydrogen-bond donors (Lipinski definition) is 1. The second-order valence-electron chi connectivity index (χ2n) is 4.93. The fourth-order valence-electron chi connectivity index (χ4n) is 2.44. The van der Waals surface area contributed by atoms with Gasteiger partial charge >= 0.3 is 0 Å². The molecule has 0 spiro atoms. The van der Waals surface area contributed by atoms with E-state index in [2.05, 4.69) is 40.3 Å². The molecule has 0 unspecified atom stereocenters. The fourth-order valence-corrected chi connectivity index (χ4v) is 3.31. The highest BCUT2D eigenvalue weighted by Gasteiger charge is 2.16. The van der Waals surface area contributed by atoms with Crippen LogP contribution >= 0.6 is 11.3 Å². The normalized spacial score (nSPS) is 14.5. The van der Waals surface area contributed by atoms with Crippen LogP contribution in [0.3, 0.4) is 0 Å². The Kier molecular flexibility index (Phi) is 4.56. The lowest BCUT2D eigenvalue weighted by molar-refractivity contribution is 0.221. The van der Waals surface area contributed by atoms with Gasteiger partial charge in [0.15, 0.2) is 0 Å². The summed E-state index contributed by atoms with van der Waals surface area (Å²) in [5, 5.41) is 2.10. The summed E-state index contributed by atoms with van der Waals surface area (Å²) in [5.41, 5.74) is 7.81. The summed E-state index contributed by atoms with van der Waals surface area (Å²) in [7, 11) is 0. The predicted molar refractivity (Wildman–Crippen MR) is 86.3 cm³/mol. The molecule has 2 aromatic rings. The summed E-state index contributed by atoms with van der Waals surface area (Å²) in [4.78, 5) is 3.71. The summed E-state index contributed by atoms with van der Waals surface area (Å²) < 4.78 is 5.81. The van der Waals surface area contributed by atoms with Crippen LogP contribution in [0.1, 0.15) is 16.0 Å². The zero-order chi connectivity index (χ0) is 14.5. The second-order valence-corrected chi connectivity index (χ2v) is 5.93. The van der Waals surface area contributed by atoms with Crippen molar-refractivity contribution in [2.45, 2.75) is 13.1 Å². The van der Waals surface area contributed by atoms with Gasteiger partial charge in [-0.1, -0.05) is 30.0 Å². The highest BCUT2D eigenvalue weighted by Crippen LogP contribution is 2.25. The van der Waals surface area contributed by atoms with Gasteiger partial charge in [0.1, 0.15) is 12.4 Å². The van der Waals surface area contributed by atoms with Crippen molar-refractivity contribution in [1.29, 1.82) is 0 Å². The van der Waals surface area contributed by atoms with Crippen LogP contribution in [0.15, 0.2) is 35.7 Å². The lowest BCUT2D eigenvalue weighted by Gasteiger charge is -2.18. The molecule has 0 amide bonds. The van der Waals surface area contributed by atoms with E-state index in [0.717, 1.165) is 37.6 Å². The quantitative estimate of drug-likeness (QED) is 0.866. The summed E-state index contributed by atoms with van der Waals surface area (Å²) in [6.07, 6.45) is 0. The van der Waals surface area contributed by atoms with Crippen molar-refractivity contribution in [3.63, 3.8) is 0 Å². The molecule has 3 nitrogen and oxygen atoms in total. The average molecular weight is 298 g/mol. The monoisotopic (exact) mass is 298 g/mol. The molecule has 0 bridgehead atoms. The predicted octanol–water partition coefficient (Wildman–Crippen LogP) is 2.45. The van der Waals surface area contributed by atoms with E-state index >= 15 is 0 Å². The van der Waals surface area contributed by atoms with E-state index in [1.807, 2.05) is 12.1 Å². The number of fused-ring (bicyclic) bond motifs is 1. The molecule has 1 aliphatic heterocycles. The van der Waals surface area contributed by atoms with Gasteiger partial charge in [-0.3, -0.25) is 4.90 Å². The zero-order valence-corrected chi connectivity index (χ0v) is 12.7. The summed E-state index contributed by atoms with van der Waals surface area (Å²) in [6.45, 7) is 3.88. The molecule has 4 heteroatoms. The van der Waals surface area contributed by atoms with E-state index in [4.69, 9.17) is 10.5 Å². The summed E-state index contributed by atoms with van der Waals surface area (Å²) in [6, 6.07) is 10.3. The number of thiophene rings is 1. The number of hydrogen-bond acceptors (Lipinski definition) is 4. The Bertz CT molecular complexity index is 669. The van der Waals surface area contributed by atoms with Gasteiger partial charge in [-0.05, 0) is 17.5 Å². The van der Waals surface area contributed by atoms with E-state index in [-0.39, 0.29) is 0 Å². The zero-order valence-electron chi connectivity index (χ0n) is 11.8. The smallest absolute Gasteiger partial charge is 0.123 e. The van der Waals surface area contributed by atoms with Crippen LogP contribution in [0.5, 0.6) is 5.75 Å². The van der Waals surface area contributed by atoms with E-state index in [0.29, 0.717) is 6.54 Å². The van der Waals surface area contributed by atoms with E-state index in [9.17, 15) is 0 Å². The number of ether oxygens (including phenoxy) is 1. The first kappa shape index (κ1) is 14.2. The molecule has 2 N–H and O–H groups in total. The van der Waals surface area contributed by atoms with E-state index in [1.54, 1.807) is 11.3 Å². The fraction of sp³-hybridized carbons (Fsp3) is 0.294. The number of benzene rings is 1. The van der Waals surface area contributed by atoms with Gasteiger partial charge in [-0.2, -0.15) is 0 Å². The Morgan fingerprint density at radius 1 is 1.29 bits per heavy atom. The maximum Gasteiger partial charge on any atom is 0.123 e. The number of para-hydroxylation sites is 1. The van der Waals surface area contributed by atoms with Gasteiger partial charge in [-0.15, -0.1) is 11.3 Å². The average Bonchev–Trinajstić information content (AvgIpc) is 2.83. The van der Waals surface area contributed by atoms with Crippen LogP contribution in [-0.4, -0.2) is 24.6 Å². The first-order valence-corrected chi connectivity index (χ1v) is 7.93. The molecular formula is C17H18N2OS. The maximum atomic E-state index is 5.81. The SMILES string of the molecule is NCC#Cc1ccsc1CN1CCOc2ccccc2C1. The lowest BCUT2D eigenvalue weighted by atomic mass is 10.2. The molecule has 0 saturated heterocycles. The standard InChI is InChI=1S/C17H18N2OS/c18-8-3-5-14-7-11-21-17(14)13-19-9-10-20-16-6-2-1-4-15(16)12-19/h1-2,4,6-7,11H,8-10,12-13,18H2. The molecule has 108 valence electrons. The van der Waals surface area contributed by atoms with Crippen molar-refractivity contribution in [2.75, 3.05) is 19.7 Å². The van der Waals surface area contributed by atoms with Crippen LogP contribution < -0.4 is 10.5 Å². The minimum Gasteiger partial charge on any atom is -0.492 e. The van der Waals surface area contributed by atoms with E-state index in [1.165, 1.54) is 10.4 Å². The Balaban J connectivity index is 1.75. The minimum absolute atomic E-state index is 0.403. The van der Waals surface area contributed by atoms with Crippen molar-refractivity contribution in [2.24, 2.45) is 5.73 Å². The molecule has 1 aromatic carbocycles. The lowest BCUT2D eigenvalue weighted by Crippen LogP contribution is -2.25. The molecule has 0 atom stereocenters. The molecule has 1 aromatic heterocycles. The molecule has 3 rings (SSSR count). The first-order chi connectivity index (χ1) is 10.4. The van der Waals surface area contributed by atoms with Crippen molar-refractivity contribution < 1.29 is 4.74 Å². The topological polar surface area (TPSA) is 38.5 Å². The third-order valence-electron chi connectivity index (χ3n) is 3.47. The van der Waals surface area contributed by atoms with Gasteiger partial charge in [-0.25, -0.2) is 0 Å². The largest absolute Gasteiger partial charge is 0.492 e. The van der Waals surface area contributed by atoms with Crippen molar-refractivity contribution in [3.8, 4) is 17.6 Å².